The van der Waals surface area contributed by atoms with Gasteiger partial charge in [0, 0.05) is 29.2 Å². The Bertz CT molecular complexity index is 657. The van der Waals surface area contributed by atoms with Crippen molar-refractivity contribution in [1.82, 2.24) is 20.0 Å². The molecule has 2 heterocycles. The van der Waals surface area contributed by atoms with E-state index in [-0.39, 0.29) is 6.04 Å². The van der Waals surface area contributed by atoms with Gasteiger partial charge in [-0.1, -0.05) is 24.3 Å². The van der Waals surface area contributed by atoms with Crippen LogP contribution in [0.1, 0.15) is 6.92 Å². The molecule has 19 heavy (non-hydrogen) atoms. The molecule has 0 saturated carbocycles. The van der Waals surface area contributed by atoms with Crippen LogP contribution in [0.4, 0.5) is 5.82 Å². The predicted octanol–water partition coefficient (Wildman–Crippen LogP) is 2.33. The molecule has 1 N–H and O–H groups in total. The molecule has 96 valence electrons. The molecule has 0 radical (unpaired) electrons. The van der Waals surface area contributed by atoms with E-state index in [1.54, 1.807) is 12.4 Å². The van der Waals surface area contributed by atoms with Crippen LogP contribution < -0.4 is 5.32 Å². The highest BCUT2D eigenvalue weighted by Crippen LogP contribution is 2.19. The van der Waals surface area contributed by atoms with Crippen LogP contribution in [0, 0.1) is 0 Å². The van der Waals surface area contributed by atoms with E-state index in [1.807, 2.05) is 41.2 Å². The van der Waals surface area contributed by atoms with E-state index in [0.29, 0.717) is 0 Å². The Morgan fingerprint density at radius 2 is 2.16 bits per heavy atom. The molecule has 1 atom stereocenters. The van der Waals surface area contributed by atoms with Gasteiger partial charge >= 0.3 is 0 Å². The maximum Gasteiger partial charge on any atom is 0.156 e. The van der Waals surface area contributed by atoms with Crippen molar-refractivity contribution in [2.24, 2.45) is 0 Å². The molecule has 1 unspecified atom stereocenters. The van der Waals surface area contributed by atoms with Crippen molar-refractivity contribution >= 4 is 16.6 Å². The van der Waals surface area contributed by atoms with Crippen LogP contribution in [-0.4, -0.2) is 26.0 Å². The van der Waals surface area contributed by atoms with E-state index >= 15 is 0 Å². The molecule has 0 fully saturated rings. The maximum absolute atomic E-state index is 4.20. The number of hydrogen-bond donors (Lipinski definition) is 1. The number of anilines is 1. The molecule has 2 aromatic heterocycles. The fourth-order valence-corrected chi connectivity index (χ4v) is 2.10. The number of benzene rings is 1. The summed E-state index contributed by atoms with van der Waals surface area (Å²) in [6.45, 7) is 2.89. The molecule has 5 nitrogen and oxygen atoms in total. The van der Waals surface area contributed by atoms with E-state index in [1.165, 1.54) is 0 Å². The first kappa shape index (κ1) is 11.6. The first-order valence-corrected chi connectivity index (χ1v) is 6.27. The highest BCUT2D eigenvalue weighted by atomic mass is 15.3. The second kappa shape index (κ2) is 5.06. The smallest absolute Gasteiger partial charge is 0.156 e. The fourth-order valence-electron chi connectivity index (χ4n) is 2.10. The summed E-state index contributed by atoms with van der Waals surface area (Å²) in [6.07, 6.45) is 5.51. The average molecular weight is 253 g/mol. The minimum atomic E-state index is 0.222. The summed E-state index contributed by atoms with van der Waals surface area (Å²) in [7, 11) is 0. The topological polar surface area (TPSA) is 55.6 Å². The molecular weight excluding hydrogens is 238 g/mol. The molecule has 0 aliphatic carbocycles. The number of fused-ring (bicyclic) bond motifs is 1. The van der Waals surface area contributed by atoms with Gasteiger partial charge in [-0.25, -0.2) is 0 Å². The van der Waals surface area contributed by atoms with Gasteiger partial charge in [-0.05, 0) is 13.0 Å². The minimum absolute atomic E-state index is 0.222. The largest absolute Gasteiger partial charge is 0.364 e. The van der Waals surface area contributed by atoms with Gasteiger partial charge in [0.25, 0.3) is 0 Å². The lowest BCUT2D eigenvalue weighted by Gasteiger charge is -2.15. The number of nitrogens with zero attached hydrogens (tertiary/aromatic N) is 4. The van der Waals surface area contributed by atoms with Gasteiger partial charge in [-0.15, -0.1) is 5.10 Å². The summed E-state index contributed by atoms with van der Waals surface area (Å²) >= 11 is 0. The van der Waals surface area contributed by atoms with Crippen LogP contribution in [0.2, 0.25) is 0 Å². The highest BCUT2D eigenvalue weighted by molar-refractivity contribution is 5.90. The van der Waals surface area contributed by atoms with E-state index in [0.717, 1.165) is 23.1 Å². The molecule has 3 rings (SSSR count). The normalized spacial score (nSPS) is 12.5. The summed E-state index contributed by atoms with van der Waals surface area (Å²) in [5.41, 5.74) is 0. The Kier molecular flexibility index (Phi) is 3.10. The van der Waals surface area contributed by atoms with Crippen molar-refractivity contribution in [3.8, 4) is 0 Å². The quantitative estimate of drug-likeness (QED) is 0.775. The zero-order chi connectivity index (χ0) is 13.1. The van der Waals surface area contributed by atoms with Crippen LogP contribution in [0.15, 0.2) is 48.9 Å². The van der Waals surface area contributed by atoms with Crippen molar-refractivity contribution in [2.45, 2.75) is 19.5 Å². The standard InChI is InChI=1S/C14H15N5/c1-11(10-19-8-4-7-16-19)17-14-13-6-3-2-5-12(13)9-15-18-14/h2-9,11H,10H2,1H3,(H,17,18). The van der Waals surface area contributed by atoms with Gasteiger partial charge in [-0.2, -0.15) is 10.2 Å². The lowest BCUT2D eigenvalue weighted by Crippen LogP contribution is -2.23. The molecule has 5 heteroatoms. The molecule has 0 aliphatic rings. The van der Waals surface area contributed by atoms with Crippen LogP contribution in [0.25, 0.3) is 10.8 Å². The lowest BCUT2D eigenvalue weighted by molar-refractivity contribution is 0.559. The van der Waals surface area contributed by atoms with E-state index in [2.05, 4.69) is 27.5 Å². The van der Waals surface area contributed by atoms with Gasteiger partial charge in [-0.3, -0.25) is 4.68 Å². The molecule has 0 saturated heterocycles. The van der Waals surface area contributed by atoms with Crippen LogP contribution >= 0.6 is 0 Å². The molecule has 0 aliphatic heterocycles. The molecule has 1 aromatic carbocycles. The summed E-state index contributed by atoms with van der Waals surface area (Å²) in [5.74, 6) is 0.817. The van der Waals surface area contributed by atoms with E-state index in [4.69, 9.17) is 0 Å². The molecule has 3 aromatic rings. The lowest BCUT2D eigenvalue weighted by atomic mass is 10.2. The van der Waals surface area contributed by atoms with Crippen LogP contribution in [0.5, 0.6) is 0 Å². The SMILES string of the molecule is CC(Cn1cccn1)Nc1nncc2ccccc12. The van der Waals surface area contributed by atoms with Gasteiger partial charge in [0.2, 0.25) is 0 Å². The monoisotopic (exact) mass is 253 g/mol. The average Bonchev–Trinajstić information content (AvgIpc) is 2.92. The third-order valence-corrected chi connectivity index (χ3v) is 2.97. The van der Waals surface area contributed by atoms with Crippen LogP contribution in [-0.2, 0) is 6.54 Å². The fraction of sp³-hybridized carbons (Fsp3) is 0.214. The zero-order valence-corrected chi connectivity index (χ0v) is 10.7. The summed E-state index contributed by atoms with van der Waals surface area (Å²) in [6, 6.07) is 10.2. The third kappa shape index (κ3) is 2.54. The molecule has 0 bridgehead atoms. The molecule has 0 amide bonds. The second-order valence-electron chi connectivity index (χ2n) is 4.55. The minimum Gasteiger partial charge on any atom is -0.364 e. The highest BCUT2D eigenvalue weighted by Gasteiger charge is 2.07. The molecule has 0 spiro atoms. The molecular formula is C14H15N5. The van der Waals surface area contributed by atoms with Crippen molar-refractivity contribution in [3.63, 3.8) is 0 Å². The predicted molar refractivity (Wildman–Crippen MR) is 74.8 cm³/mol. The summed E-state index contributed by atoms with van der Waals surface area (Å²) in [4.78, 5) is 0. The Hall–Kier alpha value is -2.43. The van der Waals surface area contributed by atoms with Crippen molar-refractivity contribution in [3.05, 3.63) is 48.9 Å². The maximum atomic E-state index is 4.20. The Balaban J connectivity index is 1.81. The summed E-state index contributed by atoms with van der Waals surface area (Å²) < 4.78 is 1.90. The van der Waals surface area contributed by atoms with Gasteiger partial charge in [0.15, 0.2) is 5.82 Å². The van der Waals surface area contributed by atoms with Crippen LogP contribution in [0.3, 0.4) is 0 Å². The summed E-state index contributed by atoms with van der Waals surface area (Å²) in [5, 5.41) is 18.0. The van der Waals surface area contributed by atoms with Gasteiger partial charge in [0.05, 0.1) is 12.7 Å². The van der Waals surface area contributed by atoms with E-state index in [9.17, 15) is 0 Å². The number of rotatable bonds is 4. The first-order valence-electron chi connectivity index (χ1n) is 6.27. The zero-order valence-electron chi connectivity index (χ0n) is 10.7. The Morgan fingerprint density at radius 1 is 1.26 bits per heavy atom. The van der Waals surface area contributed by atoms with Crippen molar-refractivity contribution in [1.29, 1.82) is 0 Å². The van der Waals surface area contributed by atoms with Crippen molar-refractivity contribution in [2.75, 3.05) is 5.32 Å². The Morgan fingerprint density at radius 3 is 3.00 bits per heavy atom. The van der Waals surface area contributed by atoms with Gasteiger partial charge in [0.1, 0.15) is 0 Å². The number of nitrogens with one attached hydrogen (secondary N) is 1. The van der Waals surface area contributed by atoms with Gasteiger partial charge < -0.3 is 5.32 Å². The second-order valence-corrected chi connectivity index (χ2v) is 4.55. The van der Waals surface area contributed by atoms with E-state index < -0.39 is 0 Å². The number of aromatic nitrogens is 4. The Labute approximate surface area is 111 Å². The van der Waals surface area contributed by atoms with Crippen molar-refractivity contribution < 1.29 is 0 Å². The number of hydrogen-bond acceptors (Lipinski definition) is 4. The first-order chi connectivity index (χ1) is 9.33. The third-order valence-electron chi connectivity index (χ3n) is 2.97.